The average molecular weight is 216 g/mol. The molecule has 1 N–H and O–H groups in total. The number of benzene rings is 1. The lowest BCUT2D eigenvalue weighted by Crippen LogP contribution is -2.08. The van der Waals surface area contributed by atoms with E-state index < -0.39 is 6.10 Å². The molecule has 0 radical (unpaired) electrons. The van der Waals surface area contributed by atoms with Gasteiger partial charge in [0.15, 0.2) is 0 Å². The molecule has 16 heavy (non-hydrogen) atoms. The Morgan fingerprint density at radius 1 is 1.31 bits per heavy atom. The number of aliphatic hydroxyl groups is 1. The van der Waals surface area contributed by atoms with Gasteiger partial charge in [0.25, 0.3) is 0 Å². The number of hydrogen-bond donors (Lipinski definition) is 1. The summed E-state index contributed by atoms with van der Waals surface area (Å²) in [5, 5.41) is 10.3. The van der Waals surface area contributed by atoms with Crippen molar-refractivity contribution in [1.82, 2.24) is 9.55 Å². The van der Waals surface area contributed by atoms with Gasteiger partial charge in [-0.05, 0) is 25.0 Å². The summed E-state index contributed by atoms with van der Waals surface area (Å²) in [4.78, 5) is 4.18. The third kappa shape index (κ3) is 1.86. The van der Waals surface area contributed by atoms with Crippen molar-refractivity contribution in [3.05, 3.63) is 53.1 Å². The van der Waals surface area contributed by atoms with Crippen LogP contribution >= 0.6 is 0 Å². The van der Waals surface area contributed by atoms with Crippen molar-refractivity contribution >= 4 is 0 Å². The predicted molar refractivity (Wildman–Crippen MR) is 63.2 cm³/mol. The van der Waals surface area contributed by atoms with Gasteiger partial charge in [-0.1, -0.05) is 23.8 Å². The standard InChI is InChI=1S/C13H16N2O/c1-9-4-5-10(2)11(8-9)12(16)13-14-6-7-15(13)3/h4-8,12,16H,1-3H3. The smallest absolute Gasteiger partial charge is 0.142 e. The predicted octanol–water partition coefficient (Wildman–Crippen LogP) is 2.12. The molecule has 1 aromatic heterocycles. The summed E-state index contributed by atoms with van der Waals surface area (Å²) in [6.07, 6.45) is 2.88. The number of hydrogen-bond acceptors (Lipinski definition) is 2. The monoisotopic (exact) mass is 216 g/mol. The van der Waals surface area contributed by atoms with E-state index in [-0.39, 0.29) is 0 Å². The van der Waals surface area contributed by atoms with Crippen molar-refractivity contribution in [2.24, 2.45) is 7.05 Å². The van der Waals surface area contributed by atoms with Crippen LogP contribution in [0.4, 0.5) is 0 Å². The van der Waals surface area contributed by atoms with Crippen molar-refractivity contribution in [2.45, 2.75) is 20.0 Å². The van der Waals surface area contributed by atoms with Crippen LogP contribution in [0, 0.1) is 13.8 Å². The Bertz CT molecular complexity index is 502. The van der Waals surface area contributed by atoms with Crippen LogP contribution in [0.2, 0.25) is 0 Å². The maximum absolute atomic E-state index is 10.3. The molecule has 0 aliphatic heterocycles. The van der Waals surface area contributed by atoms with Gasteiger partial charge in [-0.15, -0.1) is 0 Å². The van der Waals surface area contributed by atoms with Crippen LogP contribution < -0.4 is 0 Å². The highest BCUT2D eigenvalue weighted by Gasteiger charge is 2.16. The lowest BCUT2D eigenvalue weighted by molar-refractivity contribution is 0.205. The fourth-order valence-corrected chi connectivity index (χ4v) is 1.83. The molecule has 1 aromatic carbocycles. The zero-order valence-corrected chi connectivity index (χ0v) is 9.81. The summed E-state index contributed by atoms with van der Waals surface area (Å²) in [6, 6.07) is 6.08. The maximum Gasteiger partial charge on any atom is 0.142 e. The van der Waals surface area contributed by atoms with Gasteiger partial charge in [0.1, 0.15) is 11.9 Å². The van der Waals surface area contributed by atoms with Gasteiger partial charge >= 0.3 is 0 Å². The second-order valence-electron chi connectivity index (χ2n) is 4.16. The Hall–Kier alpha value is -1.61. The molecular formula is C13H16N2O. The quantitative estimate of drug-likeness (QED) is 0.835. The molecule has 1 atom stereocenters. The van der Waals surface area contributed by atoms with E-state index in [0.29, 0.717) is 5.82 Å². The molecule has 0 saturated heterocycles. The molecule has 1 heterocycles. The third-order valence-electron chi connectivity index (χ3n) is 2.83. The van der Waals surface area contributed by atoms with Crippen LogP contribution in [0.5, 0.6) is 0 Å². The molecule has 0 bridgehead atoms. The number of rotatable bonds is 2. The molecule has 1 unspecified atom stereocenters. The van der Waals surface area contributed by atoms with Crippen LogP contribution in [-0.2, 0) is 7.05 Å². The van der Waals surface area contributed by atoms with E-state index in [9.17, 15) is 5.11 Å². The van der Waals surface area contributed by atoms with Crippen molar-refractivity contribution < 1.29 is 5.11 Å². The second-order valence-corrected chi connectivity index (χ2v) is 4.16. The van der Waals surface area contributed by atoms with E-state index in [1.54, 1.807) is 6.20 Å². The first-order valence-corrected chi connectivity index (χ1v) is 5.32. The lowest BCUT2D eigenvalue weighted by atomic mass is 10.0. The molecule has 84 valence electrons. The highest BCUT2D eigenvalue weighted by molar-refractivity contribution is 5.34. The molecule has 0 fully saturated rings. The maximum atomic E-state index is 10.3. The zero-order chi connectivity index (χ0) is 11.7. The van der Waals surface area contributed by atoms with E-state index in [1.165, 1.54) is 0 Å². The Balaban J connectivity index is 2.45. The summed E-state index contributed by atoms with van der Waals surface area (Å²) in [5.74, 6) is 0.675. The molecule has 2 rings (SSSR count). The summed E-state index contributed by atoms with van der Waals surface area (Å²) in [5.41, 5.74) is 3.16. The number of nitrogens with zero attached hydrogens (tertiary/aromatic N) is 2. The van der Waals surface area contributed by atoms with E-state index in [2.05, 4.69) is 4.98 Å². The number of imidazole rings is 1. The minimum absolute atomic E-state index is 0.653. The van der Waals surface area contributed by atoms with E-state index in [1.807, 2.05) is 49.9 Å². The van der Waals surface area contributed by atoms with E-state index >= 15 is 0 Å². The highest BCUT2D eigenvalue weighted by Crippen LogP contribution is 2.24. The Morgan fingerprint density at radius 3 is 2.69 bits per heavy atom. The second kappa shape index (κ2) is 4.10. The molecule has 3 heteroatoms. The average Bonchev–Trinajstić information content (AvgIpc) is 2.67. The van der Waals surface area contributed by atoms with Gasteiger partial charge in [-0.3, -0.25) is 0 Å². The van der Waals surface area contributed by atoms with Gasteiger partial charge in [0, 0.05) is 19.4 Å². The molecule has 0 aliphatic carbocycles. The fraction of sp³-hybridized carbons (Fsp3) is 0.308. The lowest BCUT2D eigenvalue weighted by Gasteiger charge is -2.14. The first kappa shape index (κ1) is 10.9. The molecular weight excluding hydrogens is 200 g/mol. The van der Waals surface area contributed by atoms with Gasteiger partial charge < -0.3 is 9.67 Å². The fourth-order valence-electron chi connectivity index (χ4n) is 1.83. The van der Waals surface area contributed by atoms with Gasteiger partial charge in [-0.25, -0.2) is 4.98 Å². The van der Waals surface area contributed by atoms with Gasteiger partial charge in [0.05, 0.1) is 0 Å². The normalized spacial score (nSPS) is 12.8. The number of aliphatic hydroxyl groups excluding tert-OH is 1. The van der Waals surface area contributed by atoms with Crippen molar-refractivity contribution in [3.63, 3.8) is 0 Å². The van der Waals surface area contributed by atoms with Crippen LogP contribution in [0.3, 0.4) is 0 Å². The number of aromatic nitrogens is 2. The van der Waals surface area contributed by atoms with E-state index in [4.69, 9.17) is 0 Å². The van der Waals surface area contributed by atoms with Crippen molar-refractivity contribution in [1.29, 1.82) is 0 Å². The molecule has 0 amide bonds. The minimum atomic E-state index is -0.653. The molecule has 0 aliphatic rings. The van der Waals surface area contributed by atoms with Crippen molar-refractivity contribution in [2.75, 3.05) is 0 Å². The molecule has 0 saturated carbocycles. The molecule has 2 aromatic rings. The highest BCUT2D eigenvalue weighted by atomic mass is 16.3. The Kier molecular flexibility index (Phi) is 2.79. The summed E-state index contributed by atoms with van der Waals surface area (Å²) >= 11 is 0. The topological polar surface area (TPSA) is 38.1 Å². The Morgan fingerprint density at radius 2 is 2.06 bits per heavy atom. The summed E-state index contributed by atoms with van der Waals surface area (Å²) < 4.78 is 1.84. The first-order chi connectivity index (χ1) is 7.59. The summed E-state index contributed by atoms with van der Waals surface area (Å²) in [7, 11) is 1.89. The Labute approximate surface area is 95.4 Å². The summed E-state index contributed by atoms with van der Waals surface area (Å²) in [6.45, 7) is 4.02. The number of aryl methyl sites for hydroxylation is 3. The first-order valence-electron chi connectivity index (χ1n) is 5.32. The molecule has 3 nitrogen and oxygen atoms in total. The minimum Gasteiger partial charge on any atom is -0.380 e. The largest absolute Gasteiger partial charge is 0.380 e. The zero-order valence-electron chi connectivity index (χ0n) is 9.81. The van der Waals surface area contributed by atoms with Crippen LogP contribution in [-0.4, -0.2) is 14.7 Å². The third-order valence-corrected chi connectivity index (χ3v) is 2.83. The van der Waals surface area contributed by atoms with E-state index in [0.717, 1.165) is 16.7 Å². The SMILES string of the molecule is Cc1ccc(C)c(C(O)c2nccn2C)c1. The van der Waals surface area contributed by atoms with Crippen LogP contribution in [0.25, 0.3) is 0 Å². The van der Waals surface area contributed by atoms with Gasteiger partial charge in [0.2, 0.25) is 0 Å². The van der Waals surface area contributed by atoms with Crippen molar-refractivity contribution in [3.8, 4) is 0 Å². The molecule has 0 spiro atoms. The van der Waals surface area contributed by atoms with Crippen LogP contribution in [0.1, 0.15) is 28.6 Å². The van der Waals surface area contributed by atoms with Gasteiger partial charge in [-0.2, -0.15) is 0 Å². The van der Waals surface area contributed by atoms with Crippen LogP contribution in [0.15, 0.2) is 30.6 Å².